The summed E-state index contributed by atoms with van der Waals surface area (Å²) in [5, 5.41) is 10.1. The molecule has 9 heteroatoms. The van der Waals surface area contributed by atoms with Gasteiger partial charge in [-0.3, -0.25) is 0 Å². The van der Waals surface area contributed by atoms with Crippen LogP contribution in [0.5, 0.6) is 5.75 Å². The second-order valence-corrected chi connectivity index (χ2v) is 14.1. The number of likely N-dealkylation sites (tertiary alicyclic amines) is 1. The van der Waals surface area contributed by atoms with Crippen molar-refractivity contribution in [3.05, 3.63) is 65.0 Å². The molecule has 0 saturated carbocycles. The van der Waals surface area contributed by atoms with Gasteiger partial charge >= 0.3 is 6.18 Å². The molecule has 1 N–H and O–H groups in total. The Kier molecular flexibility index (Phi) is 11.5. The van der Waals surface area contributed by atoms with Gasteiger partial charge in [0.25, 0.3) is 0 Å². The highest BCUT2D eigenvalue weighted by atomic mass is 32.2. The molecule has 2 aromatic rings. The lowest BCUT2D eigenvalue weighted by Gasteiger charge is -2.24. The maximum atomic E-state index is 13.6. The lowest BCUT2D eigenvalue weighted by atomic mass is 9.89. The Morgan fingerprint density at radius 1 is 0.905 bits per heavy atom. The summed E-state index contributed by atoms with van der Waals surface area (Å²) in [7, 11) is -3.68. The van der Waals surface area contributed by atoms with E-state index in [0.717, 1.165) is 88.4 Å². The molecule has 1 atom stereocenters. The van der Waals surface area contributed by atoms with Crippen molar-refractivity contribution in [2.45, 2.75) is 95.7 Å². The van der Waals surface area contributed by atoms with Crippen LogP contribution in [0.3, 0.4) is 0 Å². The Morgan fingerprint density at radius 3 is 2.43 bits per heavy atom. The van der Waals surface area contributed by atoms with Crippen LogP contribution < -0.4 is 0 Å². The van der Waals surface area contributed by atoms with E-state index in [0.29, 0.717) is 18.9 Å². The Balaban J connectivity index is 1.26. The number of phenols is 1. The van der Waals surface area contributed by atoms with Crippen molar-refractivity contribution < 1.29 is 31.1 Å². The first kappa shape index (κ1) is 32.5. The van der Waals surface area contributed by atoms with Gasteiger partial charge in [0.1, 0.15) is 11.6 Å². The fourth-order valence-electron chi connectivity index (χ4n) is 6.50. The number of unbranched alkanes of at least 4 members (excludes halogenated alkanes) is 3. The van der Waals surface area contributed by atoms with Gasteiger partial charge in [-0.2, -0.15) is 13.2 Å². The van der Waals surface area contributed by atoms with Gasteiger partial charge in [-0.1, -0.05) is 31.0 Å². The molecule has 4 rings (SSSR count). The number of aryl methyl sites for hydroxylation is 1. The summed E-state index contributed by atoms with van der Waals surface area (Å²) < 4.78 is 74.8. The number of aromatic hydroxyl groups is 1. The van der Waals surface area contributed by atoms with E-state index in [9.17, 15) is 31.1 Å². The zero-order valence-corrected chi connectivity index (χ0v) is 25.1. The van der Waals surface area contributed by atoms with Crippen LogP contribution in [0, 0.1) is 5.82 Å². The smallest absolute Gasteiger partial charge is 0.390 e. The highest BCUT2D eigenvalue weighted by Crippen LogP contribution is 2.39. The third-order valence-corrected chi connectivity index (χ3v) is 10.4. The van der Waals surface area contributed by atoms with Crippen LogP contribution in [0.15, 0.2) is 42.5 Å². The topological polar surface area (TPSA) is 57.6 Å². The van der Waals surface area contributed by atoms with E-state index < -0.39 is 28.2 Å². The quantitative estimate of drug-likeness (QED) is 0.173. The summed E-state index contributed by atoms with van der Waals surface area (Å²) in [4.78, 5) is 2.42. The first-order chi connectivity index (χ1) is 20.0. The molecule has 0 aromatic heterocycles. The van der Waals surface area contributed by atoms with Crippen LogP contribution in [0.25, 0.3) is 11.1 Å². The predicted molar refractivity (Wildman–Crippen MR) is 160 cm³/mol. The van der Waals surface area contributed by atoms with Gasteiger partial charge < -0.3 is 10.0 Å². The number of hydrogen-bond donors (Lipinski definition) is 1. The highest BCUT2D eigenvalue weighted by Gasteiger charge is 2.30. The minimum absolute atomic E-state index is 0.175. The van der Waals surface area contributed by atoms with E-state index in [1.165, 1.54) is 28.8 Å². The fraction of sp³-hybridized carbons (Fsp3) is 0.576. The highest BCUT2D eigenvalue weighted by molar-refractivity contribution is 7.91. The van der Waals surface area contributed by atoms with E-state index in [2.05, 4.69) is 4.90 Å². The van der Waals surface area contributed by atoms with E-state index >= 15 is 0 Å². The predicted octanol–water partition coefficient (Wildman–Crippen LogP) is 8.34. The van der Waals surface area contributed by atoms with Gasteiger partial charge in [0.15, 0.2) is 9.84 Å². The minimum Gasteiger partial charge on any atom is -0.508 e. The molecule has 2 aliphatic rings. The SMILES string of the molecule is O=S(=O)(CCCC1CCCN1CCCCCCC1=C(c2ccc(F)cc2)CCCc2cc(O)ccc21)CCC(F)(F)F. The summed E-state index contributed by atoms with van der Waals surface area (Å²) in [5.74, 6) is -0.958. The van der Waals surface area contributed by atoms with Crippen molar-refractivity contribution in [2.75, 3.05) is 24.6 Å². The Hall–Kier alpha value is -2.39. The summed E-state index contributed by atoms with van der Waals surface area (Å²) in [6.45, 7) is 1.94. The van der Waals surface area contributed by atoms with Crippen LogP contribution in [0.2, 0.25) is 0 Å². The fourth-order valence-corrected chi connectivity index (χ4v) is 7.86. The van der Waals surface area contributed by atoms with Gasteiger partial charge in [-0.15, -0.1) is 0 Å². The molecule has 4 nitrogen and oxygen atoms in total. The van der Waals surface area contributed by atoms with Crippen molar-refractivity contribution in [3.63, 3.8) is 0 Å². The van der Waals surface area contributed by atoms with Gasteiger partial charge in [0.05, 0.1) is 17.9 Å². The number of benzene rings is 2. The second kappa shape index (κ2) is 14.9. The molecule has 1 aliphatic heterocycles. The Bertz CT molecular complexity index is 1310. The Labute approximate surface area is 247 Å². The number of hydrogen-bond acceptors (Lipinski definition) is 4. The van der Waals surface area contributed by atoms with Gasteiger partial charge in [0.2, 0.25) is 0 Å². The molecule has 0 bridgehead atoms. The molecular formula is C33H43F4NO3S. The van der Waals surface area contributed by atoms with Crippen molar-refractivity contribution in [3.8, 4) is 5.75 Å². The maximum absolute atomic E-state index is 13.6. The van der Waals surface area contributed by atoms with Crippen molar-refractivity contribution in [1.82, 2.24) is 4.90 Å². The minimum atomic E-state index is -4.44. The molecule has 1 saturated heterocycles. The summed E-state index contributed by atoms with van der Waals surface area (Å²) >= 11 is 0. The zero-order valence-electron chi connectivity index (χ0n) is 24.3. The van der Waals surface area contributed by atoms with E-state index in [1.807, 2.05) is 24.3 Å². The van der Waals surface area contributed by atoms with E-state index in [4.69, 9.17) is 0 Å². The lowest BCUT2D eigenvalue weighted by molar-refractivity contribution is -0.129. The zero-order chi connectivity index (χ0) is 30.2. The van der Waals surface area contributed by atoms with Crippen molar-refractivity contribution >= 4 is 21.0 Å². The largest absolute Gasteiger partial charge is 0.508 e. The number of phenolic OH excluding ortho intramolecular Hbond substituents is 1. The summed E-state index contributed by atoms with van der Waals surface area (Å²) in [6, 6.07) is 12.7. The maximum Gasteiger partial charge on any atom is 0.390 e. The molecule has 2 aromatic carbocycles. The third kappa shape index (κ3) is 9.83. The van der Waals surface area contributed by atoms with Gasteiger partial charge in [-0.25, -0.2) is 12.8 Å². The summed E-state index contributed by atoms with van der Waals surface area (Å²) in [5.41, 5.74) is 5.96. The molecule has 0 radical (unpaired) electrons. The van der Waals surface area contributed by atoms with Gasteiger partial charge in [-0.05, 0) is 129 Å². The molecular weight excluding hydrogens is 566 g/mol. The van der Waals surface area contributed by atoms with Crippen LogP contribution in [0.4, 0.5) is 17.6 Å². The normalized spacial score (nSPS) is 18.3. The molecule has 1 aliphatic carbocycles. The molecule has 0 amide bonds. The van der Waals surface area contributed by atoms with Crippen LogP contribution in [-0.4, -0.2) is 55.2 Å². The van der Waals surface area contributed by atoms with Crippen molar-refractivity contribution in [2.24, 2.45) is 0 Å². The first-order valence-corrected chi connectivity index (χ1v) is 17.1. The van der Waals surface area contributed by atoms with Crippen LogP contribution in [-0.2, 0) is 16.3 Å². The number of alkyl halides is 3. The average molecular weight is 610 g/mol. The third-order valence-electron chi connectivity index (χ3n) is 8.65. The molecule has 1 fully saturated rings. The second-order valence-electron chi connectivity index (χ2n) is 11.8. The van der Waals surface area contributed by atoms with Crippen LogP contribution in [0.1, 0.15) is 93.7 Å². The number of allylic oxidation sites excluding steroid dienone is 2. The number of halogens is 4. The molecule has 232 valence electrons. The molecule has 42 heavy (non-hydrogen) atoms. The number of nitrogens with zero attached hydrogens (tertiary/aromatic N) is 1. The van der Waals surface area contributed by atoms with Crippen molar-refractivity contribution in [1.29, 1.82) is 0 Å². The average Bonchev–Trinajstić information content (AvgIpc) is 3.30. The standard InChI is InChI=1S/C33H43F4NO3S/c34-27-15-13-25(14-16-27)30-12-5-8-26-24-29(39)17-18-31(26)32(30)11-3-1-2-4-20-38-21-6-9-28(38)10-7-22-42(40,41)23-19-33(35,36)37/h13-18,24,28,39H,1-12,19-23H2. The van der Waals surface area contributed by atoms with E-state index in [1.54, 1.807) is 6.07 Å². The number of sulfone groups is 1. The molecule has 1 unspecified atom stereocenters. The molecule has 0 spiro atoms. The van der Waals surface area contributed by atoms with Gasteiger partial charge in [0, 0.05) is 6.04 Å². The number of rotatable bonds is 14. The summed E-state index contributed by atoms with van der Waals surface area (Å²) in [6.07, 6.45) is 5.42. The Morgan fingerprint density at radius 2 is 1.67 bits per heavy atom. The number of fused-ring (bicyclic) bond motifs is 1. The lowest BCUT2D eigenvalue weighted by Crippen LogP contribution is -2.31. The monoisotopic (exact) mass is 609 g/mol. The van der Waals surface area contributed by atoms with E-state index in [-0.39, 0.29) is 17.3 Å². The molecule has 1 heterocycles. The first-order valence-electron chi connectivity index (χ1n) is 15.3. The van der Waals surface area contributed by atoms with Crippen LogP contribution >= 0.6 is 0 Å².